The standard InChI is InChI=1S/C22H21ClN4O2S/c1-13-10-19(29-25-13)18-4-3-9-26(18)21(28)20-11-17-14(2)24-27(22(17)30-20)12-15-5-7-16(23)8-6-15/h5-8,10-11,18H,3-4,9,12H2,1-2H3. The molecule has 0 aliphatic carbocycles. The van der Waals surface area contributed by atoms with Crippen LogP contribution in [0.2, 0.25) is 5.02 Å². The molecule has 1 aliphatic heterocycles. The normalized spacial score (nSPS) is 16.6. The molecule has 1 unspecified atom stereocenters. The number of amides is 1. The number of carbonyl (C=O) groups is 1. The maximum atomic E-state index is 13.4. The number of hydrogen-bond acceptors (Lipinski definition) is 5. The van der Waals surface area contributed by atoms with Gasteiger partial charge >= 0.3 is 0 Å². The van der Waals surface area contributed by atoms with Crippen LogP contribution in [0.15, 0.2) is 40.9 Å². The Hall–Kier alpha value is -2.64. The Morgan fingerprint density at radius 2 is 2.07 bits per heavy atom. The minimum atomic E-state index is -0.0458. The first-order chi connectivity index (χ1) is 14.5. The van der Waals surface area contributed by atoms with Gasteiger partial charge in [0.15, 0.2) is 5.76 Å². The fourth-order valence-corrected chi connectivity index (χ4v) is 5.32. The molecule has 0 spiro atoms. The molecule has 0 N–H and O–H groups in total. The SMILES string of the molecule is Cc1cc(C2CCCN2C(=O)c2cc3c(C)nn(Cc4ccc(Cl)cc4)c3s2)on1. The van der Waals surface area contributed by atoms with Crippen LogP contribution in [-0.4, -0.2) is 32.3 Å². The van der Waals surface area contributed by atoms with E-state index in [9.17, 15) is 4.79 Å². The summed E-state index contributed by atoms with van der Waals surface area (Å²) >= 11 is 7.50. The second-order valence-electron chi connectivity index (χ2n) is 7.73. The Bertz CT molecular complexity index is 1220. The van der Waals surface area contributed by atoms with Crippen LogP contribution in [0.1, 0.15) is 51.3 Å². The molecule has 1 aliphatic rings. The van der Waals surface area contributed by atoms with Crippen LogP contribution in [0.4, 0.5) is 0 Å². The van der Waals surface area contributed by atoms with Crippen LogP contribution in [0.5, 0.6) is 0 Å². The molecule has 0 saturated carbocycles. The first-order valence-corrected chi connectivity index (χ1v) is 11.1. The van der Waals surface area contributed by atoms with Gasteiger partial charge in [0.1, 0.15) is 4.83 Å². The van der Waals surface area contributed by atoms with E-state index in [2.05, 4.69) is 10.3 Å². The van der Waals surface area contributed by atoms with E-state index in [4.69, 9.17) is 16.1 Å². The maximum absolute atomic E-state index is 13.4. The van der Waals surface area contributed by atoms with Gasteiger partial charge in [-0.15, -0.1) is 11.3 Å². The Balaban J connectivity index is 1.44. The van der Waals surface area contributed by atoms with Gasteiger partial charge in [-0.2, -0.15) is 5.10 Å². The van der Waals surface area contributed by atoms with E-state index in [-0.39, 0.29) is 11.9 Å². The summed E-state index contributed by atoms with van der Waals surface area (Å²) in [5, 5.41) is 10.4. The van der Waals surface area contributed by atoms with Gasteiger partial charge < -0.3 is 9.42 Å². The molecular formula is C22H21ClN4O2S. The van der Waals surface area contributed by atoms with Crippen molar-refractivity contribution in [3.05, 3.63) is 69.0 Å². The number of rotatable bonds is 4. The highest BCUT2D eigenvalue weighted by molar-refractivity contribution is 7.20. The molecule has 8 heteroatoms. The van der Waals surface area contributed by atoms with Crippen molar-refractivity contribution >= 4 is 39.1 Å². The van der Waals surface area contributed by atoms with Crippen LogP contribution in [-0.2, 0) is 6.54 Å². The Labute approximate surface area is 183 Å². The average Bonchev–Trinajstić information content (AvgIpc) is 3.49. The number of aromatic nitrogens is 3. The molecule has 1 atom stereocenters. The van der Waals surface area contributed by atoms with Crippen molar-refractivity contribution in [1.82, 2.24) is 19.8 Å². The molecule has 4 heterocycles. The highest BCUT2D eigenvalue weighted by Gasteiger charge is 2.34. The maximum Gasteiger partial charge on any atom is 0.264 e. The topological polar surface area (TPSA) is 64.2 Å². The van der Waals surface area contributed by atoms with Crippen molar-refractivity contribution in [2.75, 3.05) is 6.54 Å². The zero-order valence-corrected chi connectivity index (χ0v) is 18.3. The number of carbonyl (C=O) groups excluding carboxylic acids is 1. The minimum absolute atomic E-state index is 0.0458. The smallest absolute Gasteiger partial charge is 0.264 e. The molecular weight excluding hydrogens is 420 g/mol. The van der Waals surface area contributed by atoms with E-state index in [1.807, 2.05) is 59.8 Å². The summed E-state index contributed by atoms with van der Waals surface area (Å²) in [7, 11) is 0. The van der Waals surface area contributed by atoms with E-state index in [1.54, 1.807) is 0 Å². The third-order valence-electron chi connectivity index (χ3n) is 5.55. The predicted molar refractivity (Wildman–Crippen MR) is 117 cm³/mol. The summed E-state index contributed by atoms with van der Waals surface area (Å²) in [6.07, 6.45) is 1.86. The van der Waals surface area contributed by atoms with Crippen LogP contribution in [0.25, 0.3) is 10.2 Å². The van der Waals surface area contributed by atoms with E-state index < -0.39 is 0 Å². The van der Waals surface area contributed by atoms with Gasteiger partial charge in [0.25, 0.3) is 5.91 Å². The van der Waals surface area contributed by atoms with Crippen molar-refractivity contribution in [2.24, 2.45) is 0 Å². The lowest BCUT2D eigenvalue weighted by Crippen LogP contribution is -2.29. The molecule has 1 aromatic carbocycles. The predicted octanol–water partition coefficient (Wildman–Crippen LogP) is 5.38. The van der Waals surface area contributed by atoms with Crippen LogP contribution in [0.3, 0.4) is 0 Å². The van der Waals surface area contributed by atoms with E-state index in [0.717, 1.165) is 57.2 Å². The number of halogens is 1. The van der Waals surface area contributed by atoms with Gasteiger partial charge in [0.2, 0.25) is 0 Å². The summed E-state index contributed by atoms with van der Waals surface area (Å²) in [6.45, 7) is 5.25. The first-order valence-electron chi connectivity index (χ1n) is 9.95. The molecule has 6 nitrogen and oxygen atoms in total. The second-order valence-corrected chi connectivity index (χ2v) is 9.19. The zero-order valence-electron chi connectivity index (χ0n) is 16.8. The lowest BCUT2D eigenvalue weighted by molar-refractivity contribution is 0.0719. The third kappa shape index (κ3) is 3.42. The summed E-state index contributed by atoms with van der Waals surface area (Å²) in [6, 6.07) is 11.6. The third-order valence-corrected chi connectivity index (χ3v) is 6.94. The van der Waals surface area contributed by atoms with Gasteiger partial charge in [-0.05, 0) is 50.5 Å². The summed E-state index contributed by atoms with van der Waals surface area (Å²) in [5.74, 6) is 0.815. The number of fused-ring (bicyclic) bond motifs is 1. The highest BCUT2D eigenvalue weighted by Crippen LogP contribution is 2.36. The number of benzene rings is 1. The molecule has 3 aromatic heterocycles. The Kier molecular flexibility index (Phi) is 4.87. The van der Waals surface area contributed by atoms with Crippen LogP contribution in [0, 0.1) is 13.8 Å². The fraction of sp³-hybridized carbons (Fsp3) is 0.318. The van der Waals surface area contributed by atoms with Gasteiger partial charge in [0, 0.05) is 23.0 Å². The largest absolute Gasteiger partial charge is 0.359 e. The van der Waals surface area contributed by atoms with Crippen molar-refractivity contribution in [3.8, 4) is 0 Å². The number of nitrogens with zero attached hydrogens (tertiary/aromatic N) is 4. The number of likely N-dealkylation sites (tertiary alicyclic amines) is 1. The molecule has 1 amide bonds. The molecule has 1 saturated heterocycles. The first kappa shape index (κ1) is 19.3. The zero-order chi connectivity index (χ0) is 20.8. The Morgan fingerprint density at radius 1 is 1.27 bits per heavy atom. The summed E-state index contributed by atoms with van der Waals surface area (Å²) in [4.78, 5) is 17.0. The highest BCUT2D eigenvalue weighted by atomic mass is 35.5. The van der Waals surface area contributed by atoms with E-state index in [0.29, 0.717) is 11.6 Å². The fourth-order valence-electron chi connectivity index (χ4n) is 4.08. The minimum Gasteiger partial charge on any atom is -0.359 e. The van der Waals surface area contributed by atoms with Gasteiger partial charge in [0.05, 0.1) is 28.9 Å². The number of hydrogen-bond donors (Lipinski definition) is 0. The average molecular weight is 441 g/mol. The second kappa shape index (κ2) is 7.56. The van der Waals surface area contributed by atoms with Gasteiger partial charge in [-0.3, -0.25) is 9.48 Å². The lowest BCUT2D eigenvalue weighted by atomic mass is 10.1. The van der Waals surface area contributed by atoms with Crippen LogP contribution >= 0.6 is 22.9 Å². The lowest BCUT2D eigenvalue weighted by Gasteiger charge is -2.21. The van der Waals surface area contributed by atoms with Gasteiger partial charge in [-0.25, -0.2) is 0 Å². The molecule has 0 radical (unpaired) electrons. The van der Waals surface area contributed by atoms with Crippen molar-refractivity contribution in [2.45, 2.75) is 39.3 Å². The summed E-state index contributed by atoms with van der Waals surface area (Å²) < 4.78 is 7.43. The number of thiophene rings is 1. The van der Waals surface area contributed by atoms with Gasteiger partial charge in [-0.1, -0.05) is 28.9 Å². The molecule has 5 rings (SSSR count). The van der Waals surface area contributed by atoms with Crippen molar-refractivity contribution in [3.63, 3.8) is 0 Å². The van der Waals surface area contributed by atoms with Crippen molar-refractivity contribution in [1.29, 1.82) is 0 Å². The molecule has 154 valence electrons. The number of aryl methyl sites for hydroxylation is 2. The molecule has 30 heavy (non-hydrogen) atoms. The van der Waals surface area contributed by atoms with Crippen molar-refractivity contribution < 1.29 is 9.32 Å². The van der Waals surface area contributed by atoms with E-state index in [1.165, 1.54) is 11.3 Å². The molecule has 4 aromatic rings. The van der Waals surface area contributed by atoms with E-state index >= 15 is 0 Å². The molecule has 0 bridgehead atoms. The monoisotopic (exact) mass is 440 g/mol. The van der Waals surface area contributed by atoms with Crippen LogP contribution < -0.4 is 0 Å². The molecule has 1 fully saturated rings. The Morgan fingerprint density at radius 3 is 2.80 bits per heavy atom. The summed E-state index contributed by atoms with van der Waals surface area (Å²) in [5.41, 5.74) is 2.88. The quantitative estimate of drug-likeness (QED) is 0.427.